The van der Waals surface area contributed by atoms with E-state index in [9.17, 15) is 28.6 Å². The quantitative estimate of drug-likeness (QED) is 0.0467. The SMILES string of the molecule is CCCCCCCCCCCCCCCC(=O)OCC(COP(=O)(O)OCCN)OC(=O)CCC(=O)/C=C/C(=O)O. The maximum absolute atomic E-state index is 12.2. The lowest BCUT2D eigenvalue weighted by Crippen LogP contribution is -2.29. The normalized spacial score (nSPS) is 13.5. The van der Waals surface area contributed by atoms with Gasteiger partial charge in [0.05, 0.1) is 19.6 Å². The molecule has 2 atom stereocenters. The molecule has 0 heterocycles. The number of nitrogens with two attached hydrogens (primary N) is 1. The van der Waals surface area contributed by atoms with Crippen LogP contribution in [0.25, 0.3) is 0 Å². The molecule has 0 bridgehead atoms. The van der Waals surface area contributed by atoms with E-state index in [0.29, 0.717) is 12.5 Å². The lowest BCUT2D eigenvalue weighted by Gasteiger charge is -2.19. The zero-order valence-electron chi connectivity index (χ0n) is 24.5. The van der Waals surface area contributed by atoms with Crippen LogP contribution in [0.5, 0.6) is 0 Å². The van der Waals surface area contributed by atoms with E-state index < -0.39 is 50.8 Å². The highest BCUT2D eigenvalue weighted by Gasteiger charge is 2.26. The van der Waals surface area contributed by atoms with Crippen molar-refractivity contribution in [2.45, 2.75) is 116 Å². The van der Waals surface area contributed by atoms with Crippen molar-refractivity contribution in [2.24, 2.45) is 5.73 Å². The fourth-order valence-corrected chi connectivity index (χ4v) is 4.53. The lowest BCUT2D eigenvalue weighted by molar-refractivity contribution is -0.161. The molecule has 0 saturated heterocycles. The summed E-state index contributed by atoms with van der Waals surface area (Å²) in [4.78, 5) is 56.1. The van der Waals surface area contributed by atoms with Crippen molar-refractivity contribution >= 4 is 31.5 Å². The molecule has 0 aromatic rings. The van der Waals surface area contributed by atoms with Crippen LogP contribution in [0, 0.1) is 0 Å². The van der Waals surface area contributed by atoms with Gasteiger partial charge in [-0.15, -0.1) is 0 Å². The zero-order valence-corrected chi connectivity index (χ0v) is 25.4. The highest BCUT2D eigenvalue weighted by atomic mass is 31.2. The Labute approximate surface area is 243 Å². The van der Waals surface area contributed by atoms with Gasteiger partial charge >= 0.3 is 25.7 Å². The Bertz CT molecular complexity index is 819. The summed E-state index contributed by atoms with van der Waals surface area (Å²) in [5.41, 5.74) is 5.24. The van der Waals surface area contributed by atoms with Gasteiger partial charge in [0, 0.05) is 25.5 Å². The van der Waals surface area contributed by atoms with Gasteiger partial charge in [-0.05, 0) is 12.5 Å². The van der Waals surface area contributed by atoms with Crippen LogP contribution in [0.3, 0.4) is 0 Å². The molecule has 0 fully saturated rings. The van der Waals surface area contributed by atoms with Crippen molar-refractivity contribution in [1.82, 2.24) is 0 Å². The summed E-state index contributed by atoms with van der Waals surface area (Å²) >= 11 is 0. The Hall–Kier alpha value is -2.11. The van der Waals surface area contributed by atoms with E-state index in [1.165, 1.54) is 57.8 Å². The minimum atomic E-state index is -4.48. The number of carboxylic acid groups (broad SMARTS) is 1. The molecular formula is C28H50NO11P. The molecule has 0 aliphatic rings. The summed E-state index contributed by atoms with van der Waals surface area (Å²) in [6.07, 6.45) is 15.0. The fraction of sp³-hybridized carbons (Fsp3) is 0.786. The molecule has 0 radical (unpaired) electrons. The summed E-state index contributed by atoms with van der Waals surface area (Å²) in [7, 11) is -4.48. The van der Waals surface area contributed by atoms with Gasteiger partial charge in [-0.1, -0.05) is 84.0 Å². The number of unbranched alkanes of at least 4 members (excludes halogenated alkanes) is 12. The number of phosphoric ester groups is 1. The third-order valence-electron chi connectivity index (χ3n) is 6.00. The van der Waals surface area contributed by atoms with Crippen LogP contribution < -0.4 is 5.73 Å². The molecule has 238 valence electrons. The van der Waals surface area contributed by atoms with Gasteiger partial charge in [0.2, 0.25) is 0 Å². The number of esters is 2. The van der Waals surface area contributed by atoms with Gasteiger partial charge in [0.15, 0.2) is 11.9 Å². The molecule has 41 heavy (non-hydrogen) atoms. The van der Waals surface area contributed by atoms with Crippen LogP contribution in [-0.2, 0) is 42.3 Å². The van der Waals surface area contributed by atoms with Crippen molar-refractivity contribution in [2.75, 3.05) is 26.4 Å². The van der Waals surface area contributed by atoms with Gasteiger partial charge in [-0.25, -0.2) is 9.36 Å². The number of carboxylic acids is 1. The third-order valence-corrected chi connectivity index (χ3v) is 6.98. The van der Waals surface area contributed by atoms with Gasteiger partial charge in [0.1, 0.15) is 6.61 Å². The molecule has 0 rings (SSSR count). The maximum atomic E-state index is 12.2. The first-order chi connectivity index (χ1) is 19.6. The molecule has 0 saturated carbocycles. The standard InChI is InChI=1S/C28H50NO11P/c1-2-3-4-5-6-7-8-9-10-11-12-13-14-15-27(33)37-22-25(23-39-41(35,36)38-21-20-29)40-28(34)19-17-24(30)16-18-26(31)32/h16,18,25H,2-15,17,19-23,29H2,1H3,(H,31,32)(H,35,36)/b18-16+. The second-order valence-corrected chi connectivity index (χ2v) is 11.3. The second-order valence-electron chi connectivity index (χ2n) is 9.81. The smallest absolute Gasteiger partial charge is 0.472 e. The zero-order chi connectivity index (χ0) is 30.8. The Kier molecular flexibility index (Phi) is 24.3. The molecule has 13 heteroatoms. The summed E-state index contributed by atoms with van der Waals surface area (Å²) in [5, 5.41) is 8.55. The van der Waals surface area contributed by atoms with Crippen molar-refractivity contribution in [1.29, 1.82) is 0 Å². The molecule has 12 nitrogen and oxygen atoms in total. The van der Waals surface area contributed by atoms with Crippen LogP contribution in [0.4, 0.5) is 0 Å². The monoisotopic (exact) mass is 607 g/mol. The average molecular weight is 608 g/mol. The average Bonchev–Trinajstić information content (AvgIpc) is 2.93. The van der Waals surface area contributed by atoms with Crippen molar-refractivity contribution in [3.63, 3.8) is 0 Å². The number of carbonyl (C=O) groups is 4. The molecule has 0 aromatic carbocycles. The van der Waals surface area contributed by atoms with Gasteiger partial charge in [0.25, 0.3) is 0 Å². The highest BCUT2D eigenvalue weighted by molar-refractivity contribution is 7.47. The molecule has 0 amide bonds. The first-order valence-corrected chi connectivity index (χ1v) is 16.2. The summed E-state index contributed by atoms with van der Waals surface area (Å²) < 4.78 is 31.7. The number of hydrogen-bond donors (Lipinski definition) is 3. The van der Waals surface area contributed by atoms with Gasteiger partial charge in [-0.3, -0.25) is 23.4 Å². The minimum absolute atomic E-state index is 0.0204. The number of carbonyl (C=O) groups excluding carboxylic acids is 3. The number of ketones is 1. The van der Waals surface area contributed by atoms with Crippen LogP contribution >= 0.6 is 7.82 Å². The number of phosphoric acid groups is 1. The molecular weight excluding hydrogens is 557 g/mol. The first-order valence-electron chi connectivity index (χ1n) is 14.7. The Morgan fingerprint density at radius 2 is 1.32 bits per heavy atom. The number of hydrogen-bond acceptors (Lipinski definition) is 10. The van der Waals surface area contributed by atoms with E-state index in [0.717, 1.165) is 25.3 Å². The van der Waals surface area contributed by atoms with E-state index in [1.54, 1.807) is 0 Å². The third kappa shape index (κ3) is 26.5. The number of aliphatic carboxylic acids is 1. The molecule has 4 N–H and O–H groups in total. The van der Waals surface area contributed by atoms with Crippen LogP contribution in [0.1, 0.15) is 110 Å². The molecule has 0 aliphatic carbocycles. The van der Waals surface area contributed by atoms with E-state index in [2.05, 4.69) is 11.4 Å². The van der Waals surface area contributed by atoms with E-state index in [4.69, 9.17) is 24.8 Å². The fourth-order valence-electron chi connectivity index (χ4n) is 3.76. The predicted molar refractivity (Wildman–Crippen MR) is 153 cm³/mol. The van der Waals surface area contributed by atoms with Gasteiger partial charge < -0.3 is 25.2 Å². The number of rotatable bonds is 28. The summed E-state index contributed by atoms with van der Waals surface area (Å²) in [6.45, 7) is 0.932. The molecule has 0 aromatic heterocycles. The van der Waals surface area contributed by atoms with Crippen LogP contribution in [-0.4, -0.2) is 66.2 Å². The lowest BCUT2D eigenvalue weighted by atomic mass is 10.0. The van der Waals surface area contributed by atoms with Crippen molar-refractivity contribution in [3.8, 4) is 0 Å². The van der Waals surface area contributed by atoms with E-state index in [1.807, 2.05) is 0 Å². The largest absolute Gasteiger partial charge is 0.478 e. The minimum Gasteiger partial charge on any atom is -0.478 e. The maximum Gasteiger partial charge on any atom is 0.472 e. The predicted octanol–water partition coefficient (Wildman–Crippen LogP) is 5.01. The Morgan fingerprint density at radius 1 is 0.756 bits per heavy atom. The Balaban J connectivity index is 4.36. The summed E-state index contributed by atoms with van der Waals surface area (Å²) in [5.74, 6) is -3.27. The second kappa shape index (κ2) is 25.6. The van der Waals surface area contributed by atoms with Gasteiger partial charge in [-0.2, -0.15) is 0 Å². The molecule has 2 unspecified atom stereocenters. The number of ether oxygens (including phenoxy) is 2. The number of allylic oxidation sites excluding steroid dienone is 1. The topological polar surface area (TPSA) is 189 Å². The first kappa shape index (κ1) is 38.9. The van der Waals surface area contributed by atoms with E-state index in [-0.39, 0.29) is 32.4 Å². The van der Waals surface area contributed by atoms with Crippen molar-refractivity contribution < 1.29 is 52.3 Å². The van der Waals surface area contributed by atoms with Crippen LogP contribution in [0.2, 0.25) is 0 Å². The van der Waals surface area contributed by atoms with Crippen molar-refractivity contribution in [3.05, 3.63) is 12.2 Å². The summed E-state index contributed by atoms with van der Waals surface area (Å²) in [6, 6.07) is 0. The molecule has 0 aliphatic heterocycles. The highest BCUT2D eigenvalue weighted by Crippen LogP contribution is 2.43. The van der Waals surface area contributed by atoms with E-state index >= 15 is 0 Å². The Morgan fingerprint density at radius 3 is 1.85 bits per heavy atom. The van der Waals surface area contributed by atoms with Crippen LogP contribution in [0.15, 0.2) is 12.2 Å². The molecule has 0 spiro atoms.